The monoisotopic (exact) mass is 529 g/mol. The number of urea groups is 1. The zero-order valence-electron chi connectivity index (χ0n) is 18.8. The second-order valence-electron chi connectivity index (χ2n) is 7.60. The zero-order valence-corrected chi connectivity index (χ0v) is 21.2. The first-order chi connectivity index (χ1) is 15.9. The molecular weight excluding hydrogens is 502 g/mol. The van der Waals surface area contributed by atoms with Crippen LogP contribution in [0.25, 0.3) is 0 Å². The van der Waals surface area contributed by atoms with Gasteiger partial charge < -0.3 is 19.9 Å². The standard InChI is InChI=1S/C25H28BrN3O3S/c1-19-8-13-23(33-19)17-29(16-20-6-4-3-5-7-20)24(30)18-28(14-15-32-2)25(31)27-22-11-9-21(26)10-12-22/h3-13H,14-18H2,1-2H3,(H,27,31). The van der Waals surface area contributed by atoms with Crippen LogP contribution in [0.4, 0.5) is 10.5 Å². The molecule has 1 heterocycles. The number of nitrogens with zero attached hydrogens (tertiary/aromatic N) is 2. The number of aryl methyl sites for hydroxylation is 1. The van der Waals surface area contributed by atoms with Crippen LogP contribution in [0.2, 0.25) is 0 Å². The molecule has 8 heteroatoms. The van der Waals surface area contributed by atoms with Crippen molar-refractivity contribution in [1.29, 1.82) is 0 Å². The number of nitrogens with one attached hydrogen (secondary N) is 1. The van der Waals surface area contributed by atoms with E-state index in [0.717, 1.165) is 14.9 Å². The summed E-state index contributed by atoms with van der Waals surface area (Å²) < 4.78 is 6.10. The van der Waals surface area contributed by atoms with Gasteiger partial charge in [0.15, 0.2) is 0 Å². The van der Waals surface area contributed by atoms with Gasteiger partial charge in [-0.05, 0) is 48.9 Å². The molecule has 0 aliphatic rings. The Kier molecular flexibility index (Phi) is 9.47. The minimum atomic E-state index is -0.339. The highest BCUT2D eigenvalue weighted by Gasteiger charge is 2.22. The SMILES string of the molecule is COCCN(CC(=O)N(Cc1ccccc1)Cc1ccc(C)s1)C(=O)Nc1ccc(Br)cc1. The van der Waals surface area contributed by atoms with E-state index in [1.165, 1.54) is 9.78 Å². The van der Waals surface area contributed by atoms with E-state index in [1.807, 2.05) is 48.5 Å². The van der Waals surface area contributed by atoms with Gasteiger partial charge in [-0.2, -0.15) is 0 Å². The maximum absolute atomic E-state index is 13.4. The molecule has 1 aromatic heterocycles. The van der Waals surface area contributed by atoms with Crippen LogP contribution >= 0.6 is 27.3 Å². The number of benzene rings is 2. The molecule has 174 valence electrons. The Morgan fingerprint density at radius 3 is 2.33 bits per heavy atom. The van der Waals surface area contributed by atoms with Gasteiger partial charge in [-0.25, -0.2) is 4.79 Å². The number of thiophene rings is 1. The Hall–Kier alpha value is -2.68. The Morgan fingerprint density at radius 1 is 0.970 bits per heavy atom. The van der Waals surface area contributed by atoms with Crippen molar-refractivity contribution in [3.05, 3.63) is 86.5 Å². The lowest BCUT2D eigenvalue weighted by Crippen LogP contribution is -2.45. The van der Waals surface area contributed by atoms with Gasteiger partial charge >= 0.3 is 6.03 Å². The zero-order chi connectivity index (χ0) is 23.6. The molecule has 0 radical (unpaired) electrons. The highest BCUT2D eigenvalue weighted by molar-refractivity contribution is 9.10. The first-order valence-electron chi connectivity index (χ1n) is 10.6. The fraction of sp³-hybridized carbons (Fsp3) is 0.280. The molecule has 3 rings (SSSR count). The van der Waals surface area contributed by atoms with Crippen molar-refractivity contribution in [2.75, 3.05) is 32.1 Å². The summed E-state index contributed by atoms with van der Waals surface area (Å²) in [5, 5.41) is 2.87. The van der Waals surface area contributed by atoms with Crippen molar-refractivity contribution in [3.8, 4) is 0 Å². The molecule has 6 nitrogen and oxygen atoms in total. The number of carbonyl (C=O) groups excluding carboxylic acids is 2. The average molecular weight is 530 g/mol. The molecule has 0 bridgehead atoms. The third-order valence-corrected chi connectivity index (χ3v) is 6.50. The van der Waals surface area contributed by atoms with E-state index < -0.39 is 0 Å². The van der Waals surface area contributed by atoms with Crippen LogP contribution in [0.15, 0.2) is 71.2 Å². The number of methoxy groups -OCH3 is 1. The maximum Gasteiger partial charge on any atom is 0.322 e. The van der Waals surface area contributed by atoms with Gasteiger partial charge in [-0.1, -0.05) is 46.3 Å². The smallest absolute Gasteiger partial charge is 0.322 e. The highest BCUT2D eigenvalue weighted by atomic mass is 79.9. The molecule has 0 aliphatic carbocycles. The summed E-state index contributed by atoms with van der Waals surface area (Å²) in [6, 6.07) is 21.0. The van der Waals surface area contributed by atoms with E-state index in [-0.39, 0.29) is 18.5 Å². The summed E-state index contributed by atoms with van der Waals surface area (Å²) in [5.41, 5.74) is 1.70. The van der Waals surface area contributed by atoms with Gasteiger partial charge in [-0.15, -0.1) is 11.3 Å². The third kappa shape index (κ3) is 7.99. The summed E-state index contributed by atoms with van der Waals surface area (Å²) in [7, 11) is 1.58. The summed E-state index contributed by atoms with van der Waals surface area (Å²) in [6.07, 6.45) is 0. The van der Waals surface area contributed by atoms with Gasteiger partial charge in [0, 0.05) is 40.1 Å². The van der Waals surface area contributed by atoms with Gasteiger partial charge in [0.1, 0.15) is 6.54 Å². The van der Waals surface area contributed by atoms with Crippen molar-refractivity contribution in [2.24, 2.45) is 0 Å². The lowest BCUT2D eigenvalue weighted by molar-refractivity contribution is -0.133. The Labute approximate surface area is 207 Å². The minimum absolute atomic E-state index is 0.0388. The largest absolute Gasteiger partial charge is 0.383 e. The van der Waals surface area contributed by atoms with E-state index in [4.69, 9.17) is 4.74 Å². The molecule has 3 aromatic rings. The fourth-order valence-electron chi connectivity index (χ4n) is 3.25. The van der Waals surface area contributed by atoms with Gasteiger partial charge in [-0.3, -0.25) is 4.79 Å². The lowest BCUT2D eigenvalue weighted by Gasteiger charge is -2.27. The lowest BCUT2D eigenvalue weighted by atomic mass is 10.2. The summed E-state index contributed by atoms with van der Waals surface area (Å²) >= 11 is 5.07. The number of ether oxygens (including phenoxy) is 1. The van der Waals surface area contributed by atoms with Crippen molar-refractivity contribution in [1.82, 2.24) is 9.80 Å². The molecule has 0 aliphatic heterocycles. The Bertz CT molecular complexity index is 1040. The molecule has 0 atom stereocenters. The highest BCUT2D eigenvalue weighted by Crippen LogP contribution is 2.19. The summed E-state index contributed by atoms with van der Waals surface area (Å²) in [4.78, 5) is 32.0. The first-order valence-corrected chi connectivity index (χ1v) is 12.2. The van der Waals surface area contributed by atoms with Crippen LogP contribution in [0, 0.1) is 6.92 Å². The Morgan fingerprint density at radius 2 is 1.70 bits per heavy atom. The van der Waals surface area contributed by atoms with Crippen LogP contribution in [0.5, 0.6) is 0 Å². The normalized spacial score (nSPS) is 10.6. The van der Waals surface area contributed by atoms with E-state index in [9.17, 15) is 9.59 Å². The quantitative estimate of drug-likeness (QED) is 0.375. The van der Waals surface area contributed by atoms with Gasteiger partial charge in [0.25, 0.3) is 0 Å². The predicted octanol–water partition coefficient (Wildman–Crippen LogP) is 5.53. The average Bonchev–Trinajstić information content (AvgIpc) is 3.22. The number of rotatable bonds is 10. The number of hydrogen-bond acceptors (Lipinski definition) is 4. The topological polar surface area (TPSA) is 61.9 Å². The molecule has 3 amide bonds. The second kappa shape index (κ2) is 12.5. The van der Waals surface area contributed by atoms with Crippen molar-refractivity contribution in [3.63, 3.8) is 0 Å². The Balaban J connectivity index is 1.74. The molecular formula is C25H28BrN3O3S. The van der Waals surface area contributed by atoms with E-state index >= 15 is 0 Å². The number of halogens is 1. The van der Waals surface area contributed by atoms with E-state index in [0.29, 0.717) is 31.9 Å². The van der Waals surface area contributed by atoms with Crippen LogP contribution in [-0.2, 0) is 22.6 Å². The van der Waals surface area contributed by atoms with Crippen molar-refractivity contribution in [2.45, 2.75) is 20.0 Å². The van der Waals surface area contributed by atoms with Crippen LogP contribution < -0.4 is 5.32 Å². The fourth-order valence-corrected chi connectivity index (χ4v) is 4.42. The molecule has 33 heavy (non-hydrogen) atoms. The van der Waals surface area contributed by atoms with Gasteiger partial charge in [0.05, 0.1) is 13.2 Å². The number of hydrogen-bond donors (Lipinski definition) is 1. The number of carbonyl (C=O) groups is 2. The van der Waals surface area contributed by atoms with Crippen molar-refractivity contribution >= 4 is 44.9 Å². The molecule has 1 N–H and O–H groups in total. The number of amides is 3. The molecule has 0 saturated heterocycles. The summed E-state index contributed by atoms with van der Waals surface area (Å²) in [5.74, 6) is -0.119. The molecule has 0 spiro atoms. The molecule has 0 unspecified atom stereocenters. The minimum Gasteiger partial charge on any atom is -0.383 e. The van der Waals surface area contributed by atoms with E-state index in [1.54, 1.807) is 35.5 Å². The van der Waals surface area contributed by atoms with Crippen LogP contribution in [0.3, 0.4) is 0 Å². The van der Waals surface area contributed by atoms with Crippen LogP contribution in [-0.4, -0.2) is 48.5 Å². The van der Waals surface area contributed by atoms with E-state index in [2.05, 4.69) is 34.2 Å². The third-order valence-electron chi connectivity index (χ3n) is 4.99. The summed E-state index contributed by atoms with van der Waals surface area (Å²) in [6.45, 7) is 3.63. The molecule has 0 fully saturated rings. The second-order valence-corrected chi connectivity index (χ2v) is 9.89. The predicted molar refractivity (Wildman–Crippen MR) is 136 cm³/mol. The number of anilines is 1. The van der Waals surface area contributed by atoms with Crippen LogP contribution in [0.1, 0.15) is 15.3 Å². The van der Waals surface area contributed by atoms with Crippen molar-refractivity contribution < 1.29 is 14.3 Å². The first kappa shape index (κ1) is 25.0. The van der Waals surface area contributed by atoms with Gasteiger partial charge in [0.2, 0.25) is 5.91 Å². The molecule has 0 saturated carbocycles. The maximum atomic E-state index is 13.4. The molecule has 2 aromatic carbocycles.